The number of carbonyl (C=O) groups is 1. The molecule has 18 heavy (non-hydrogen) atoms. The quantitative estimate of drug-likeness (QED) is 0.855. The van der Waals surface area contributed by atoms with Gasteiger partial charge in [-0.1, -0.05) is 37.7 Å². The van der Waals surface area contributed by atoms with Gasteiger partial charge < -0.3 is 5.32 Å². The van der Waals surface area contributed by atoms with E-state index in [0.717, 1.165) is 16.4 Å². The second-order valence-electron chi connectivity index (χ2n) is 4.43. The average molecular weight is 280 g/mol. The van der Waals surface area contributed by atoms with Crippen LogP contribution in [-0.4, -0.2) is 23.2 Å². The number of amides is 1. The van der Waals surface area contributed by atoms with Crippen LogP contribution in [0.2, 0.25) is 0 Å². The van der Waals surface area contributed by atoms with E-state index >= 15 is 0 Å². The van der Waals surface area contributed by atoms with E-state index in [1.165, 1.54) is 16.5 Å². The smallest absolute Gasteiger partial charge is 0.230 e. The molecule has 0 bridgehead atoms. The third-order valence-corrected chi connectivity index (χ3v) is 4.49. The summed E-state index contributed by atoms with van der Waals surface area (Å²) in [7, 11) is 0. The number of thioether (sulfide) groups is 1. The molecule has 0 fully saturated rings. The SMILES string of the molecule is CC(C)CNC(=O)CSc1nc2ccccc2s1. The first-order chi connectivity index (χ1) is 8.65. The molecule has 96 valence electrons. The van der Waals surface area contributed by atoms with Gasteiger partial charge in [0.25, 0.3) is 0 Å². The molecule has 0 unspecified atom stereocenters. The number of hydrogen-bond acceptors (Lipinski definition) is 4. The predicted octanol–water partition coefficient (Wildman–Crippen LogP) is 3.16. The van der Waals surface area contributed by atoms with Crippen LogP contribution in [0.5, 0.6) is 0 Å². The maximum absolute atomic E-state index is 11.6. The van der Waals surface area contributed by atoms with Crippen LogP contribution in [0.4, 0.5) is 0 Å². The third kappa shape index (κ3) is 3.71. The van der Waals surface area contributed by atoms with Crippen molar-refractivity contribution in [3.05, 3.63) is 24.3 Å². The summed E-state index contributed by atoms with van der Waals surface area (Å²) in [5, 5.41) is 2.90. The predicted molar refractivity (Wildman–Crippen MR) is 78.2 cm³/mol. The van der Waals surface area contributed by atoms with Crippen molar-refractivity contribution < 1.29 is 4.79 Å². The number of fused-ring (bicyclic) bond motifs is 1. The maximum atomic E-state index is 11.6. The van der Waals surface area contributed by atoms with Crippen LogP contribution in [0.3, 0.4) is 0 Å². The molecule has 0 saturated heterocycles. The standard InChI is InChI=1S/C13H16N2OS2/c1-9(2)7-14-12(16)8-17-13-15-10-5-3-4-6-11(10)18-13/h3-6,9H,7-8H2,1-2H3,(H,14,16). The summed E-state index contributed by atoms with van der Waals surface area (Å²) in [6.07, 6.45) is 0. The van der Waals surface area contributed by atoms with Crippen LogP contribution in [0.25, 0.3) is 10.2 Å². The third-order valence-electron chi connectivity index (χ3n) is 2.31. The van der Waals surface area contributed by atoms with Crippen LogP contribution in [-0.2, 0) is 4.79 Å². The molecule has 0 radical (unpaired) electrons. The van der Waals surface area contributed by atoms with Crippen molar-refractivity contribution in [3.8, 4) is 0 Å². The molecule has 1 heterocycles. The van der Waals surface area contributed by atoms with Crippen molar-refractivity contribution in [2.45, 2.75) is 18.2 Å². The van der Waals surface area contributed by atoms with Gasteiger partial charge in [0.15, 0.2) is 4.34 Å². The summed E-state index contributed by atoms with van der Waals surface area (Å²) in [6.45, 7) is 4.90. The lowest BCUT2D eigenvalue weighted by molar-refractivity contribution is -0.118. The zero-order chi connectivity index (χ0) is 13.0. The largest absolute Gasteiger partial charge is 0.355 e. The molecule has 2 aromatic rings. The van der Waals surface area contributed by atoms with Crippen molar-refractivity contribution in [1.29, 1.82) is 0 Å². The van der Waals surface area contributed by atoms with E-state index in [1.807, 2.05) is 18.2 Å². The Kier molecular flexibility index (Phi) is 4.60. The number of aromatic nitrogens is 1. The molecule has 3 nitrogen and oxygen atoms in total. The van der Waals surface area contributed by atoms with E-state index in [4.69, 9.17) is 0 Å². The van der Waals surface area contributed by atoms with Crippen molar-refractivity contribution in [1.82, 2.24) is 10.3 Å². The Morgan fingerprint density at radius 3 is 2.94 bits per heavy atom. The Balaban J connectivity index is 1.88. The van der Waals surface area contributed by atoms with Crippen LogP contribution < -0.4 is 5.32 Å². The number of hydrogen-bond donors (Lipinski definition) is 1. The fraction of sp³-hybridized carbons (Fsp3) is 0.385. The average Bonchev–Trinajstić information content (AvgIpc) is 2.76. The fourth-order valence-corrected chi connectivity index (χ4v) is 3.31. The molecule has 0 aliphatic rings. The fourth-order valence-electron chi connectivity index (χ4n) is 1.41. The Morgan fingerprint density at radius 1 is 1.44 bits per heavy atom. The summed E-state index contributed by atoms with van der Waals surface area (Å²) in [4.78, 5) is 16.1. The monoisotopic (exact) mass is 280 g/mol. The van der Waals surface area contributed by atoms with Crippen LogP contribution in [0.1, 0.15) is 13.8 Å². The first-order valence-electron chi connectivity index (χ1n) is 5.90. The number of nitrogens with one attached hydrogen (secondary N) is 1. The lowest BCUT2D eigenvalue weighted by Crippen LogP contribution is -2.28. The lowest BCUT2D eigenvalue weighted by Gasteiger charge is -2.06. The summed E-state index contributed by atoms with van der Waals surface area (Å²) < 4.78 is 2.12. The Labute approximate surface area is 115 Å². The minimum absolute atomic E-state index is 0.0768. The van der Waals surface area contributed by atoms with Gasteiger partial charge in [-0.25, -0.2) is 4.98 Å². The Bertz CT molecular complexity index is 504. The second-order valence-corrected chi connectivity index (χ2v) is 6.69. The van der Waals surface area contributed by atoms with E-state index in [9.17, 15) is 4.79 Å². The molecule has 0 spiro atoms. The Morgan fingerprint density at radius 2 is 2.22 bits per heavy atom. The number of carbonyl (C=O) groups excluding carboxylic acids is 1. The number of para-hydroxylation sites is 1. The Hall–Kier alpha value is -1.07. The van der Waals surface area contributed by atoms with Crippen molar-refractivity contribution in [3.63, 3.8) is 0 Å². The van der Waals surface area contributed by atoms with E-state index in [1.54, 1.807) is 11.3 Å². The highest BCUT2D eigenvalue weighted by molar-refractivity contribution is 8.01. The van der Waals surface area contributed by atoms with Gasteiger partial charge in [0.2, 0.25) is 5.91 Å². The summed E-state index contributed by atoms with van der Waals surface area (Å²) in [5.41, 5.74) is 1.01. The summed E-state index contributed by atoms with van der Waals surface area (Å²) in [6, 6.07) is 8.03. The zero-order valence-corrected chi connectivity index (χ0v) is 12.1. The van der Waals surface area contributed by atoms with Crippen LogP contribution in [0, 0.1) is 5.92 Å². The van der Waals surface area contributed by atoms with Gasteiger partial charge in [-0.15, -0.1) is 11.3 Å². The topological polar surface area (TPSA) is 42.0 Å². The molecule has 1 aromatic heterocycles. The van der Waals surface area contributed by atoms with Gasteiger partial charge in [0.1, 0.15) is 0 Å². The number of thiazole rings is 1. The first-order valence-corrected chi connectivity index (χ1v) is 7.70. The van der Waals surface area contributed by atoms with Crippen molar-refractivity contribution >= 4 is 39.2 Å². The molecule has 0 aliphatic carbocycles. The highest BCUT2D eigenvalue weighted by atomic mass is 32.2. The number of rotatable bonds is 5. The molecule has 1 amide bonds. The highest BCUT2D eigenvalue weighted by Crippen LogP contribution is 2.28. The first kappa shape index (κ1) is 13.4. The molecular formula is C13H16N2OS2. The molecule has 1 aromatic carbocycles. The molecular weight excluding hydrogens is 264 g/mol. The van der Waals surface area contributed by atoms with Crippen LogP contribution in [0.15, 0.2) is 28.6 Å². The van der Waals surface area contributed by atoms with E-state index in [0.29, 0.717) is 11.7 Å². The molecule has 0 saturated carbocycles. The summed E-state index contributed by atoms with van der Waals surface area (Å²) >= 11 is 3.14. The van der Waals surface area contributed by atoms with Gasteiger partial charge in [0, 0.05) is 6.54 Å². The second kappa shape index (κ2) is 6.20. The minimum Gasteiger partial charge on any atom is -0.355 e. The lowest BCUT2D eigenvalue weighted by atomic mass is 10.2. The van der Waals surface area contributed by atoms with E-state index in [2.05, 4.69) is 30.2 Å². The van der Waals surface area contributed by atoms with E-state index < -0.39 is 0 Å². The van der Waals surface area contributed by atoms with Crippen LogP contribution >= 0.6 is 23.1 Å². The van der Waals surface area contributed by atoms with E-state index in [-0.39, 0.29) is 5.91 Å². The number of benzene rings is 1. The highest BCUT2D eigenvalue weighted by Gasteiger charge is 2.07. The minimum atomic E-state index is 0.0768. The van der Waals surface area contributed by atoms with Crippen molar-refractivity contribution in [2.24, 2.45) is 5.92 Å². The van der Waals surface area contributed by atoms with Gasteiger partial charge >= 0.3 is 0 Å². The molecule has 1 N–H and O–H groups in total. The number of nitrogens with zero attached hydrogens (tertiary/aromatic N) is 1. The normalized spacial score (nSPS) is 11.1. The summed E-state index contributed by atoms with van der Waals surface area (Å²) in [5.74, 6) is 1.00. The molecule has 0 atom stereocenters. The van der Waals surface area contributed by atoms with Crippen molar-refractivity contribution in [2.75, 3.05) is 12.3 Å². The zero-order valence-electron chi connectivity index (χ0n) is 10.5. The molecule has 2 rings (SSSR count). The molecule has 5 heteroatoms. The molecule has 0 aliphatic heterocycles. The van der Waals surface area contributed by atoms with Gasteiger partial charge in [0.05, 0.1) is 16.0 Å². The van der Waals surface area contributed by atoms with Gasteiger partial charge in [-0.05, 0) is 18.1 Å². The van der Waals surface area contributed by atoms with Gasteiger partial charge in [-0.2, -0.15) is 0 Å². The van der Waals surface area contributed by atoms with Gasteiger partial charge in [-0.3, -0.25) is 4.79 Å². The maximum Gasteiger partial charge on any atom is 0.230 e.